The third-order valence-electron chi connectivity index (χ3n) is 3.79. The molecule has 0 spiro atoms. The monoisotopic (exact) mass is 345 g/mol. The van der Waals surface area contributed by atoms with Crippen LogP contribution in [0.3, 0.4) is 0 Å². The van der Waals surface area contributed by atoms with Crippen LogP contribution in [0.25, 0.3) is 11.1 Å². The predicted octanol–water partition coefficient (Wildman–Crippen LogP) is 1.54. The quantitative estimate of drug-likeness (QED) is 0.852. The number of aromatic nitrogens is 2. The van der Waals surface area contributed by atoms with Crippen molar-refractivity contribution in [2.45, 2.75) is 18.9 Å². The second kappa shape index (κ2) is 6.84. The van der Waals surface area contributed by atoms with Crippen molar-refractivity contribution in [1.29, 1.82) is 0 Å². The van der Waals surface area contributed by atoms with Crippen molar-refractivity contribution in [3.8, 4) is 11.1 Å². The van der Waals surface area contributed by atoms with Gasteiger partial charge in [-0.15, -0.1) is 10.2 Å². The molecule has 0 fully saturated rings. The van der Waals surface area contributed by atoms with Crippen LogP contribution < -0.4 is 11.5 Å². The Labute approximate surface area is 143 Å². The molecular weight excluding hydrogens is 330 g/mol. The van der Waals surface area contributed by atoms with E-state index in [9.17, 15) is 4.79 Å². The summed E-state index contributed by atoms with van der Waals surface area (Å²) in [5, 5.41) is 7.73. The van der Waals surface area contributed by atoms with Gasteiger partial charge in [0.05, 0.1) is 6.04 Å². The van der Waals surface area contributed by atoms with Crippen molar-refractivity contribution in [3.05, 3.63) is 46.7 Å². The van der Waals surface area contributed by atoms with E-state index in [0.29, 0.717) is 12.2 Å². The molecule has 1 aromatic heterocycles. The fourth-order valence-electron chi connectivity index (χ4n) is 2.66. The molecule has 24 heavy (non-hydrogen) atoms. The van der Waals surface area contributed by atoms with Crippen molar-refractivity contribution in [2.75, 3.05) is 6.61 Å². The first-order chi connectivity index (χ1) is 11.5. The molecular formula is C16H16ClN5O2. The standard InChI is InChI=1S/C16H16ClN5O2/c17-13-7-12(14(15(18)23)22-21-13)11-4-2-1-3-9(11)5-6-10-8-24-16(19)20-10/h1-4,7,10H,5-6,8H2,(H2,18,23)(H2,19,20). The van der Waals surface area contributed by atoms with Gasteiger partial charge >= 0.3 is 0 Å². The van der Waals surface area contributed by atoms with Crippen LogP contribution in [-0.4, -0.2) is 34.8 Å². The summed E-state index contributed by atoms with van der Waals surface area (Å²) in [6.45, 7) is 0.489. The van der Waals surface area contributed by atoms with Crippen LogP contribution in [-0.2, 0) is 11.2 Å². The topological polar surface area (TPSA) is 116 Å². The van der Waals surface area contributed by atoms with Crippen molar-refractivity contribution in [2.24, 2.45) is 16.5 Å². The van der Waals surface area contributed by atoms with Gasteiger partial charge in [0.2, 0.25) is 0 Å². The summed E-state index contributed by atoms with van der Waals surface area (Å²) >= 11 is 5.95. The Morgan fingerprint density at radius 3 is 2.79 bits per heavy atom. The molecule has 3 rings (SSSR count). The summed E-state index contributed by atoms with van der Waals surface area (Å²) in [5.74, 6) is -0.648. The van der Waals surface area contributed by atoms with Gasteiger partial charge in [-0.05, 0) is 30.0 Å². The van der Waals surface area contributed by atoms with Crippen molar-refractivity contribution in [3.63, 3.8) is 0 Å². The van der Waals surface area contributed by atoms with Gasteiger partial charge in [-0.2, -0.15) is 0 Å². The fourth-order valence-corrected chi connectivity index (χ4v) is 2.81. The lowest BCUT2D eigenvalue weighted by Crippen LogP contribution is -2.16. The minimum absolute atomic E-state index is 0.0350. The van der Waals surface area contributed by atoms with E-state index in [2.05, 4.69) is 15.2 Å². The molecule has 2 aromatic rings. The Bertz CT molecular complexity index is 809. The number of hydrogen-bond donors (Lipinski definition) is 2. The molecule has 0 aliphatic carbocycles. The minimum Gasteiger partial charge on any atom is -0.463 e. The molecule has 1 aromatic carbocycles. The highest BCUT2D eigenvalue weighted by molar-refractivity contribution is 6.29. The van der Waals surface area contributed by atoms with E-state index < -0.39 is 5.91 Å². The first-order valence-electron chi connectivity index (χ1n) is 7.42. The Balaban J connectivity index is 1.92. The zero-order valence-electron chi connectivity index (χ0n) is 12.8. The number of carbonyl (C=O) groups is 1. The normalized spacial score (nSPS) is 16.5. The third kappa shape index (κ3) is 3.46. The first-order valence-corrected chi connectivity index (χ1v) is 7.79. The van der Waals surface area contributed by atoms with Gasteiger partial charge in [-0.25, -0.2) is 4.99 Å². The number of aliphatic imine (C=N–C) groups is 1. The van der Waals surface area contributed by atoms with E-state index in [4.69, 9.17) is 27.8 Å². The molecule has 124 valence electrons. The zero-order valence-corrected chi connectivity index (χ0v) is 13.5. The summed E-state index contributed by atoms with van der Waals surface area (Å²) < 4.78 is 5.17. The van der Waals surface area contributed by atoms with E-state index in [1.165, 1.54) is 0 Å². The molecule has 7 nitrogen and oxygen atoms in total. The lowest BCUT2D eigenvalue weighted by atomic mass is 9.94. The highest BCUT2D eigenvalue weighted by Gasteiger charge is 2.19. The number of nitrogens with zero attached hydrogens (tertiary/aromatic N) is 3. The smallest absolute Gasteiger partial charge is 0.282 e. The number of primary amides is 1. The number of hydrogen-bond acceptors (Lipinski definition) is 6. The van der Waals surface area contributed by atoms with Gasteiger partial charge in [-0.3, -0.25) is 4.79 Å². The molecule has 1 aliphatic heterocycles. The van der Waals surface area contributed by atoms with Gasteiger partial charge in [0, 0.05) is 5.56 Å². The number of ether oxygens (including phenoxy) is 1. The van der Waals surface area contributed by atoms with Gasteiger partial charge in [0.15, 0.2) is 10.8 Å². The van der Waals surface area contributed by atoms with Crippen LogP contribution in [0, 0.1) is 0 Å². The van der Waals surface area contributed by atoms with Crippen molar-refractivity contribution >= 4 is 23.5 Å². The molecule has 0 radical (unpaired) electrons. The van der Waals surface area contributed by atoms with Crippen molar-refractivity contribution < 1.29 is 9.53 Å². The second-order valence-electron chi connectivity index (χ2n) is 5.42. The summed E-state index contributed by atoms with van der Waals surface area (Å²) in [5.41, 5.74) is 13.5. The van der Waals surface area contributed by atoms with Crippen LogP contribution in [0.5, 0.6) is 0 Å². The Morgan fingerprint density at radius 2 is 2.08 bits per heavy atom. The molecule has 4 N–H and O–H groups in total. The largest absolute Gasteiger partial charge is 0.463 e. The molecule has 1 aliphatic rings. The molecule has 1 unspecified atom stereocenters. The average Bonchev–Trinajstić information content (AvgIpc) is 2.98. The second-order valence-corrected chi connectivity index (χ2v) is 5.81. The van der Waals surface area contributed by atoms with Crippen LogP contribution in [0.4, 0.5) is 0 Å². The summed E-state index contributed by atoms with van der Waals surface area (Å²) in [6.07, 6.45) is 1.51. The number of amides is 1. The van der Waals surface area contributed by atoms with E-state index in [-0.39, 0.29) is 22.9 Å². The average molecular weight is 346 g/mol. The van der Waals surface area contributed by atoms with Crippen LogP contribution in [0.1, 0.15) is 22.5 Å². The van der Waals surface area contributed by atoms with E-state index in [0.717, 1.165) is 24.0 Å². The number of amidine groups is 1. The van der Waals surface area contributed by atoms with Gasteiger partial charge in [0.1, 0.15) is 6.61 Å². The molecule has 1 amide bonds. The molecule has 8 heteroatoms. The summed E-state index contributed by atoms with van der Waals surface area (Å²) in [6, 6.07) is 9.56. The highest BCUT2D eigenvalue weighted by atomic mass is 35.5. The number of rotatable bonds is 5. The van der Waals surface area contributed by atoms with Crippen LogP contribution in [0.2, 0.25) is 5.15 Å². The predicted molar refractivity (Wildman–Crippen MR) is 90.7 cm³/mol. The van der Waals surface area contributed by atoms with Gasteiger partial charge < -0.3 is 16.2 Å². The van der Waals surface area contributed by atoms with Crippen LogP contribution >= 0.6 is 11.6 Å². The maximum atomic E-state index is 11.6. The number of benzene rings is 1. The minimum atomic E-state index is -0.648. The molecule has 0 bridgehead atoms. The Hall–Kier alpha value is -2.67. The Kier molecular flexibility index (Phi) is 4.61. The maximum Gasteiger partial charge on any atom is 0.282 e. The van der Waals surface area contributed by atoms with Gasteiger partial charge in [-0.1, -0.05) is 35.9 Å². The lowest BCUT2D eigenvalue weighted by molar-refractivity contribution is 0.0995. The SMILES string of the molecule is NC(=O)c1nnc(Cl)cc1-c1ccccc1CCC1COC(N)=N1. The zero-order chi connectivity index (χ0) is 17.1. The summed E-state index contributed by atoms with van der Waals surface area (Å²) in [7, 11) is 0. The molecule has 0 saturated carbocycles. The number of nitrogens with two attached hydrogens (primary N) is 2. The van der Waals surface area contributed by atoms with Crippen LogP contribution in [0.15, 0.2) is 35.3 Å². The van der Waals surface area contributed by atoms with E-state index in [1.54, 1.807) is 6.07 Å². The third-order valence-corrected chi connectivity index (χ3v) is 3.97. The summed E-state index contributed by atoms with van der Waals surface area (Å²) in [4.78, 5) is 15.9. The number of halogens is 1. The fraction of sp³-hybridized carbons (Fsp3) is 0.250. The van der Waals surface area contributed by atoms with Crippen molar-refractivity contribution in [1.82, 2.24) is 10.2 Å². The highest BCUT2D eigenvalue weighted by Crippen LogP contribution is 2.29. The molecule has 2 heterocycles. The molecule has 0 saturated heterocycles. The number of aryl methyl sites for hydroxylation is 1. The van der Waals surface area contributed by atoms with Gasteiger partial charge in [0.25, 0.3) is 11.9 Å². The first kappa shape index (κ1) is 16.2. The lowest BCUT2D eigenvalue weighted by Gasteiger charge is -2.12. The Morgan fingerprint density at radius 1 is 1.29 bits per heavy atom. The van der Waals surface area contributed by atoms with E-state index in [1.807, 2.05) is 24.3 Å². The maximum absolute atomic E-state index is 11.6. The molecule has 1 atom stereocenters. The van der Waals surface area contributed by atoms with E-state index >= 15 is 0 Å². The number of carbonyl (C=O) groups excluding carboxylic acids is 1.